The van der Waals surface area contributed by atoms with Crippen LogP contribution in [0.25, 0.3) is 82.2 Å². The van der Waals surface area contributed by atoms with Crippen LogP contribution < -0.4 is 0 Å². The van der Waals surface area contributed by atoms with Gasteiger partial charge >= 0.3 is 0 Å². The first-order valence-corrected chi connectivity index (χ1v) is 15.8. The van der Waals surface area contributed by atoms with Crippen molar-refractivity contribution in [2.75, 3.05) is 0 Å². The second kappa shape index (κ2) is 10.8. The van der Waals surface area contributed by atoms with Crippen molar-refractivity contribution in [3.05, 3.63) is 146 Å². The Hall–Kier alpha value is -6.05. The maximum absolute atomic E-state index is 5.07. The summed E-state index contributed by atoms with van der Waals surface area (Å²) in [5, 5.41) is 3.57. The Bertz CT molecular complexity index is 2450. The van der Waals surface area contributed by atoms with Crippen LogP contribution in [0, 0.1) is 0 Å². The van der Waals surface area contributed by atoms with Crippen LogP contribution in [0.3, 0.4) is 0 Å². The molecule has 0 amide bonds. The van der Waals surface area contributed by atoms with Gasteiger partial charge in [0.25, 0.3) is 0 Å². The van der Waals surface area contributed by atoms with E-state index in [1.165, 1.54) is 37.0 Å². The highest BCUT2D eigenvalue weighted by atomic mass is 32.1. The first-order chi connectivity index (χ1) is 22.8. The molecule has 7 heteroatoms. The normalized spacial score (nSPS) is 11.5. The zero-order valence-corrected chi connectivity index (χ0v) is 25.3. The van der Waals surface area contributed by atoms with Crippen LogP contribution in [0.15, 0.2) is 146 Å². The van der Waals surface area contributed by atoms with E-state index in [1.807, 2.05) is 35.6 Å². The number of hydrogen-bond acceptors (Lipinski definition) is 6. The fourth-order valence-electron chi connectivity index (χ4n) is 6.23. The van der Waals surface area contributed by atoms with Crippen LogP contribution in [0.2, 0.25) is 0 Å². The van der Waals surface area contributed by atoms with E-state index < -0.39 is 0 Å². The third-order valence-corrected chi connectivity index (χ3v) is 9.56. The second-order valence-corrected chi connectivity index (χ2v) is 12.0. The highest BCUT2D eigenvalue weighted by Crippen LogP contribution is 2.49. The number of fused-ring (bicyclic) bond motifs is 5. The van der Waals surface area contributed by atoms with Gasteiger partial charge in [0.05, 0.1) is 11.0 Å². The van der Waals surface area contributed by atoms with Crippen molar-refractivity contribution < 1.29 is 0 Å². The molecule has 0 aliphatic carbocycles. The Morgan fingerprint density at radius 2 is 1.04 bits per heavy atom. The van der Waals surface area contributed by atoms with Gasteiger partial charge in [0.2, 0.25) is 5.95 Å². The van der Waals surface area contributed by atoms with Crippen molar-refractivity contribution in [2.24, 2.45) is 0 Å². The smallest absolute Gasteiger partial charge is 0.238 e. The van der Waals surface area contributed by atoms with E-state index in [2.05, 4.69) is 112 Å². The van der Waals surface area contributed by atoms with E-state index in [0.29, 0.717) is 17.6 Å². The van der Waals surface area contributed by atoms with Crippen molar-refractivity contribution in [1.82, 2.24) is 29.5 Å². The Morgan fingerprint density at radius 3 is 1.70 bits per heavy atom. The fourth-order valence-corrected chi connectivity index (χ4v) is 7.62. The number of nitrogens with zero attached hydrogens (tertiary/aromatic N) is 6. The topological polar surface area (TPSA) is 69.4 Å². The van der Waals surface area contributed by atoms with Crippen molar-refractivity contribution in [1.29, 1.82) is 0 Å². The highest BCUT2D eigenvalue weighted by molar-refractivity contribution is 7.24. The number of para-hydroxylation sites is 1. The van der Waals surface area contributed by atoms with Crippen LogP contribution in [0.5, 0.6) is 0 Å². The van der Waals surface area contributed by atoms with Gasteiger partial charge in [0.15, 0.2) is 11.6 Å². The summed E-state index contributed by atoms with van der Waals surface area (Å²) in [4.78, 5) is 24.7. The quantitative estimate of drug-likeness (QED) is 0.195. The largest absolute Gasteiger partial charge is 0.278 e. The molecule has 9 rings (SSSR count). The van der Waals surface area contributed by atoms with Gasteiger partial charge in [-0.05, 0) is 47.5 Å². The third-order valence-electron chi connectivity index (χ3n) is 8.29. The van der Waals surface area contributed by atoms with E-state index >= 15 is 0 Å². The Labute approximate surface area is 268 Å². The van der Waals surface area contributed by atoms with Gasteiger partial charge in [-0.15, -0.1) is 11.3 Å². The van der Waals surface area contributed by atoms with E-state index in [-0.39, 0.29) is 0 Å². The van der Waals surface area contributed by atoms with Gasteiger partial charge in [-0.2, -0.15) is 9.97 Å². The maximum Gasteiger partial charge on any atom is 0.238 e. The Balaban J connectivity index is 1.38. The van der Waals surface area contributed by atoms with Gasteiger partial charge in [-0.1, -0.05) is 84.9 Å². The average molecular weight is 609 g/mol. The summed E-state index contributed by atoms with van der Waals surface area (Å²) in [6.45, 7) is 0. The molecule has 9 aromatic rings. The van der Waals surface area contributed by atoms with Crippen molar-refractivity contribution in [3.63, 3.8) is 0 Å². The first-order valence-electron chi connectivity index (χ1n) is 15.0. The third kappa shape index (κ3) is 4.29. The lowest BCUT2D eigenvalue weighted by atomic mass is 9.98. The summed E-state index contributed by atoms with van der Waals surface area (Å²) in [6.07, 6.45) is 7.03. The van der Waals surface area contributed by atoms with E-state index in [0.717, 1.165) is 27.5 Å². The molecule has 0 aliphatic heterocycles. The van der Waals surface area contributed by atoms with Crippen molar-refractivity contribution in [3.8, 4) is 50.3 Å². The first kappa shape index (κ1) is 26.4. The summed E-state index contributed by atoms with van der Waals surface area (Å²) in [7, 11) is 0. The molecular weight excluding hydrogens is 585 g/mol. The Morgan fingerprint density at radius 1 is 0.457 bits per heavy atom. The number of benzene rings is 4. The molecule has 5 aromatic heterocycles. The molecule has 0 bridgehead atoms. The highest BCUT2D eigenvalue weighted by Gasteiger charge is 2.23. The molecule has 0 atom stereocenters. The van der Waals surface area contributed by atoms with Gasteiger partial charge < -0.3 is 0 Å². The lowest BCUT2D eigenvalue weighted by Crippen LogP contribution is -2.06. The molecule has 0 saturated heterocycles. The van der Waals surface area contributed by atoms with Gasteiger partial charge in [-0.25, -0.2) is 4.98 Å². The van der Waals surface area contributed by atoms with E-state index in [9.17, 15) is 0 Å². The summed E-state index contributed by atoms with van der Waals surface area (Å²) in [5.41, 5.74) is 7.49. The number of aromatic nitrogens is 6. The molecule has 0 radical (unpaired) electrons. The molecule has 0 unspecified atom stereocenters. The molecule has 4 aromatic carbocycles. The molecule has 0 fully saturated rings. The Kier molecular flexibility index (Phi) is 6.21. The minimum Gasteiger partial charge on any atom is -0.278 e. The summed E-state index contributed by atoms with van der Waals surface area (Å²) >= 11 is 1.84. The monoisotopic (exact) mass is 608 g/mol. The minimum absolute atomic E-state index is 0.558. The summed E-state index contributed by atoms with van der Waals surface area (Å²) in [6, 6.07) is 42.1. The number of hydrogen-bond donors (Lipinski definition) is 0. The molecule has 5 heterocycles. The SMILES string of the molecule is c1ccc(-c2sc3c(ccc4c3c3ccccc3n4-c3nc(-c4ccncc4)nc(-c4ccncc4)n3)c2-c2ccccc2)cc1. The molecule has 0 aliphatic rings. The molecule has 46 heavy (non-hydrogen) atoms. The van der Waals surface area contributed by atoms with E-state index in [1.54, 1.807) is 24.8 Å². The molecular formula is C39H24N6S. The standard InChI is InChI=1S/C39H24N6S/c1-3-9-25(10-4-1)33-30-15-16-32-34(36(30)46-35(33)26-11-5-2-6-12-26)29-13-7-8-14-31(29)45(32)39-43-37(27-17-21-40-22-18-27)42-38(44-39)28-19-23-41-24-20-28/h1-24H. The van der Waals surface area contributed by atoms with Crippen LogP contribution in [-0.2, 0) is 0 Å². The maximum atomic E-state index is 5.07. The predicted octanol–water partition coefficient (Wildman–Crippen LogP) is 9.64. The van der Waals surface area contributed by atoms with Crippen LogP contribution in [-0.4, -0.2) is 29.5 Å². The summed E-state index contributed by atoms with van der Waals surface area (Å²) < 4.78 is 3.41. The molecule has 0 saturated carbocycles. The lowest BCUT2D eigenvalue weighted by Gasteiger charge is -2.10. The number of pyridine rings is 2. The number of rotatable bonds is 5. The van der Waals surface area contributed by atoms with Crippen LogP contribution >= 0.6 is 11.3 Å². The van der Waals surface area contributed by atoms with Crippen molar-refractivity contribution in [2.45, 2.75) is 0 Å². The predicted molar refractivity (Wildman–Crippen MR) is 187 cm³/mol. The molecule has 0 spiro atoms. The van der Waals surface area contributed by atoms with E-state index in [4.69, 9.17) is 15.0 Å². The second-order valence-electron chi connectivity index (χ2n) is 11.0. The van der Waals surface area contributed by atoms with Crippen LogP contribution in [0.1, 0.15) is 0 Å². The fraction of sp³-hybridized carbons (Fsp3) is 0. The minimum atomic E-state index is 0.558. The molecule has 0 N–H and O–H groups in total. The van der Waals surface area contributed by atoms with Gasteiger partial charge in [0.1, 0.15) is 0 Å². The lowest BCUT2D eigenvalue weighted by molar-refractivity contribution is 0.952. The van der Waals surface area contributed by atoms with Crippen LogP contribution in [0.4, 0.5) is 0 Å². The number of thiophene rings is 1. The molecule has 216 valence electrons. The zero-order valence-electron chi connectivity index (χ0n) is 24.4. The van der Waals surface area contributed by atoms with Crippen molar-refractivity contribution >= 4 is 43.2 Å². The van der Waals surface area contributed by atoms with Gasteiger partial charge in [-0.3, -0.25) is 14.5 Å². The van der Waals surface area contributed by atoms with Gasteiger partial charge in [0, 0.05) is 67.2 Å². The molecule has 6 nitrogen and oxygen atoms in total. The summed E-state index contributed by atoms with van der Waals surface area (Å²) in [5.74, 6) is 1.72. The average Bonchev–Trinajstić information content (AvgIpc) is 3.69. The zero-order chi connectivity index (χ0) is 30.5.